The minimum atomic E-state index is 0.641. The maximum absolute atomic E-state index is 4.51. The first-order valence-corrected chi connectivity index (χ1v) is 6.46. The maximum atomic E-state index is 4.51. The van der Waals surface area contributed by atoms with E-state index >= 15 is 0 Å². The largest absolute Gasteiger partial charge is 0.314 e. The summed E-state index contributed by atoms with van der Waals surface area (Å²) in [5.74, 6) is 0. The average Bonchev–Trinajstić information content (AvgIpc) is 2.82. The van der Waals surface area contributed by atoms with Crippen molar-refractivity contribution in [3.05, 3.63) is 15.9 Å². The summed E-state index contributed by atoms with van der Waals surface area (Å²) in [7, 11) is 0. The van der Waals surface area contributed by atoms with E-state index in [4.69, 9.17) is 0 Å². The van der Waals surface area contributed by atoms with Gasteiger partial charge in [-0.3, -0.25) is 4.68 Å². The van der Waals surface area contributed by atoms with Crippen LogP contribution in [0.3, 0.4) is 0 Å². The van der Waals surface area contributed by atoms with E-state index in [-0.39, 0.29) is 0 Å². The van der Waals surface area contributed by atoms with Gasteiger partial charge in [0.2, 0.25) is 0 Å². The van der Waals surface area contributed by atoms with E-state index in [1.807, 2.05) is 0 Å². The second-order valence-corrected chi connectivity index (χ2v) is 4.95. The molecule has 4 heteroatoms. The van der Waals surface area contributed by atoms with E-state index < -0.39 is 0 Å². The number of hydrogen-bond acceptors (Lipinski definition) is 2. The van der Waals surface area contributed by atoms with Crippen LogP contribution in [-0.4, -0.2) is 22.4 Å². The van der Waals surface area contributed by atoms with Crippen molar-refractivity contribution >= 4 is 15.9 Å². The summed E-state index contributed by atoms with van der Waals surface area (Å²) in [6.07, 6.45) is 3.69. The SMILES string of the molecule is CCn1nc(C)c(Br)c1CC1CCCN1. The number of nitrogens with zero attached hydrogens (tertiary/aromatic N) is 2. The second kappa shape index (κ2) is 4.66. The number of rotatable bonds is 3. The zero-order valence-electron chi connectivity index (χ0n) is 9.39. The second-order valence-electron chi connectivity index (χ2n) is 4.16. The molecule has 1 aromatic heterocycles. The van der Waals surface area contributed by atoms with Gasteiger partial charge in [-0.2, -0.15) is 5.10 Å². The van der Waals surface area contributed by atoms with E-state index in [1.54, 1.807) is 0 Å². The molecule has 0 spiro atoms. The van der Waals surface area contributed by atoms with Crippen LogP contribution in [-0.2, 0) is 13.0 Å². The van der Waals surface area contributed by atoms with E-state index in [0.29, 0.717) is 6.04 Å². The fourth-order valence-corrected chi connectivity index (χ4v) is 2.67. The Morgan fingerprint density at radius 1 is 1.60 bits per heavy atom. The Morgan fingerprint density at radius 3 is 3.00 bits per heavy atom. The molecule has 0 radical (unpaired) electrons. The molecule has 0 aliphatic carbocycles. The van der Waals surface area contributed by atoms with Gasteiger partial charge in [0, 0.05) is 19.0 Å². The van der Waals surface area contributed by atoms with E-state index in [0.717, 1.165) is 18.7 Å². The van der Waals surface area contributed by atoms with Crippen LogP contribution in [0.15, 0.2) is 4.47 Å². The molecule has 1 aliphatic rings. The third-order valence-electron chi connectivity index (χ3n) is 3.05. The molecule has 1 N–H and O–H groups in total. The van der Waals surface area contributed by atoms with Gasteiger partial charge in [-0.25, -0.2) is 0 Å². The summed E-state index contributed by atoms with van der Waals surface area (Å²) < 4.78 is 3.30. The van der Waals surface area contributed by atoms with Gasteiger partial charge in [0.15, 0.2) is 0 Å². The van der Waals surface area contributed by atoms with Crippen LogP contribution < -0.4 is 5.32 Å². The van der Waals surface area contributed by atoms with Crippen LogP contribution in [0.4, 0.5) is 0 Å². The monoisotopic (exact) mass is 271 g/mol. The van der Waals surface area contributed by atoms with Crippen molar-refractivity contribution in [2.75, 3.05) is 6.54 Å². The molecule has 1 fully saturated rings. The molecule has 0 bridgehead atoms. The minimum Gasteiger partial charge on any atom is -0.314 e. The molecule has 0 saturated carbocycles. The van der Waals surface area contributed by atoms with Gasteiger partial charge < -0.3 is 5.32 Å². The molecule has 1 atom stereocenters. The van der Waals surface area contributed by atoms with Crippen molar-refractivity contribution in [1.29, 1.82) is 0 Å². The summed E-state index contributed by atoms with van der Waals surface area (Å²) in [4.78, 5) is 0. The molecule has 15 heavy (non-hydrogen) atoms. The Bertz CT molecular complexity index is 340. The fourth-order valence-electron chi connectivity index (χ4n) is 2.23. The average molecular weight is 272 g/mol. The van der Waals surface area contributed by atoms with Gasteiger partial charge in [0.1, 0.15) is 0 Å². The lowest BCUT2D eigenvalue weighted by Crippen LogP contribution is -2.25. The predicted octanol–water partition coefficient (Wildman–Crippen LogP) is 2.27. The van der Waals surface area contributed by atoms with Crippen LogP contribution >= 0.6 is 15.9 Å². The molecule has 0 amide bonds. The quantitative estimate of drug-likeness (QED) is 0.914. The number of aryl methyl sites for hydroxylation is 2. The molecule has 1 saturated heterocycles. The van der Waals surface area contributed by atoms with Gasteiger partial charge >= 0.3 is 0 Å². The van der Waals surface area contributed by atoms with Crippen LogP contribution in [0, 0.1) is 6.92 Å². The first kappa shape index (κ1) is 11.1. The Kier molecular flexibility index (Phi) is 3.46. The zero-order valence-corrected chi connectivity index (χ0v) is 11.0. The zero-order chi connectivity index (χ0) is 10.8. The number of hydrogen-bond donors (Lipinski definition) is 1. The highest BCUT2D eigenvalue weighted by molar-refractivity contribution is 9.10. The van der Waals surface area contributed by atoms with E-state index in [1.165, 1.54) is 29.6 Å². The van der Waals surface area contributed by atoms with Gasteiger partial charge in [-0.05, 0) is 49.2 Å². The van der Waals surface area contributed by atoms with E-state index in [2.05, 4.69) is 44.9 Å². The number of nitrogens with one attached hydrogen (secondary N) is 1. The predicted molar refractivity (Wildman–Crippen MR) is 65.1 cm³/mol. The van der Waals surface area contributed by atoms with Crippen molar-refractivity contribution in [2.45, 2.75) is 45.7 Å². The van der Waals surface area contributed by atoms with Crippen LogP contribution in [0.1, 0.15) is 31.2 Å². The standard InChI is InChI=1S/C11H18BrN3/c1-3-15-10(11(12)8(2)14-15)7-9-5-4-6-13-9/h9,13H,3-7H2,1-2H3. The molecule has 0 aromatic carbocycles. The Balaban J connectivity index is 2.17. The highest BCUT2D eigenvalue weighted by Gasteiger charge is 2.19. The topological polar surface area (TPSA) is 29.9 Å². The van der Waals surface area contributed by atoms with Crippen LogP contribution in [0.5, 0.6) is 0 Å². The van der Waals surface area contributed by atoms with Crippen LogP contribution in [0.2, 0.25) is 0 Å². The van der Waals surface area contributed by atoms with Crippen molar-refractivity contribution in [1.82, 2.24) is 15.1 Å². The molecule has 3 nitrogen and oxygen atoms in total. The van der Waals surface area contributed by atoms with Crippen molar-refractivity contribution in [2.24, 2.45) is 0 Å². The lowest BCUT2D eigenvalue weighted by atomic mass is 10.1. The summed E-state index contributed by atoms with van der Waals surface area (Å²) in [6.45, 7) is 6.32. The van der Waals surface area contributed by atoms with Crippen molar-refractivity contribution in [3.63, 3.8) is 0 Å². The summed E-state index contributed by atoms with van der Waals surface area (Å²) in [5.41, 5.74) is 2.44. The van der Waals surface area contributed by atoms with E-state index in [9.17, 15) is 0 Å². The molecule has 1 aliphatic heterocycles. The third-order valence-corrected chi connectivity index (χ3v) is 4.09. The normalized spacial score (nSPS) is 21.1. The Morgan fingerprint density at radius 2 is 2.40 bits per heavy atom. The van der Waals surface area contributed by atoms with Gasteiger partial charge in [0.05, 0.1) is 15.9 Å². The molecule has 2 heterocycles. The smallest absolute Gasteiger partial charge is 0.0738 e. The highest BCUT2D eigenvalue weighted by atomic mass is 79.9. The van der Waals surface area contributed by atoms with Gasteiger partial charge in [0.25, 0.3) is 0 Å². The lowest BCUT2D eigenvalue weighted by Gasteiger charge is -2.11. The third kappa shape index (κ3) is 2.26. The molecule has 1 aromatic rings. The van der Waals surface area contributed by atoms with Crippen molar-refractivity contribution in [3.8, 4) is 0 Å². The summed E-state index contributed by atoms with van der Waals surface area (Å²) >= 11 is 3.64. The minimum absolute atomic E-state index is 0.641. The number of aromatic nitrogens is 2. The van der Waals surface area contributed by atoms with Crippen LogP contribution in [0.25, 0.3) is 0 Å². The molecular formula is C11H18BrN3. The van der Waals surface area contributed by atoms with Gasteiger partial charge in [-0.1, -0.05) is 0 Å². The summed E-state index contributed by atoms with van der Waals surface area (Å²) in [6, 6.07) is 0.641. The first-order valence-electron chi connectivity index (χ1n) is 5.67. The Hall–Kier alpha value is -0.350. The summed E-state index contributed by atoms with van der Waals surface area (Å²) in [5, 5.41) is 8.04. The first-order chi connectivity index (χ1) is 7.22. The number of halogens is 1. The fraction of sp³-hybridized carbons (Fsp3) is 0.727. The molecule has 1 unspecified atom stereocenters. The maximum Gasteiger partial charge on any atom is 0.0738 e. The molecule has 2 rings (SSSR count). The lowest BCUT2D eigenvalue weighted by molar-refractivity contribution is 0.546. The van der Waals surface area contributed by atoms with Crippen molar-refractivity contribution < 1.29 is 0 Å². The van der Waals surface area contributed by atoms with Gasteiger partial charge in [-0.15, -0.1) is 0 Å². The molecular weight excluding hydrogens is 254 g/mol. The molecule has 84 valence electrons. The highest BCUT2D eigenvalue weighted by Crippen LogP contribution is 2.23. The Labute approximate surface area is 99.4 Å².